The highest BCUT2D eigenvalue weighted by Crippen LogP contribution is 2.44. The monoisotopic (exact) mass is 742 g/mol. The Kier molecular flexibility index (Phi) is 8.04. The molecule has 0 fully saturated rings. The Hall–Kier alpha value is -7.62. The van der Waals surface area contributed by atoms with Gasteiger partial charge in [-0.2, -0.15) is 0 Å². The molecule has 11 aromatic rings. The van der Waals surface area contributed by atoms with Gasteiger partial charge in [0.05, 0.1) is 16.7 Å². The van der Waals surface area contributed by atoms with E-state index in [9.17, 15) is 0 Å². The van der Waals surface area contributed by atoms with E-state index in [0.29, 0.717) is 0 Å². The van der Waals surface area contributed by atoms with Gasteiger partial charge in [-0.25, -0.2) is 0 Å². The number of hydrogen-bond donors (Lipinski definition) is 0. The maximum Gasteiger partial charge on any atom is 0.143 e. The standard InChI is InChI=1S/C55H38N2O/c1-37-23-33-47(49-19-12-20-50-48-18-9-11-22-54(48)58-55(49)50)52(35-37)57-51-21-10-8-17-45(51)46-34-32-44(36-53(46)57)56(42-28-24-40(25-29-42)38-13-4-2-5-14-38)43-30-26-41(27-31-43)39-15-6-3-7-16-39/h2-36H,1H3. The van der Waals surface area contributed by atoms with Crippen LogP contribution in [0.25, 0.3) is 82.8 Å². The lowest BCUT2D eigenvalue weighted by atomic mass is 9.99. The number of rotatable bonds is 7. The fraction of sp³-hybridized carbons (Fsp3) is 0.0182. The molecule has 274 valence electrons. The van der Waals surface area contributed by atoms with Gasteiger partial charge in [0.15, 0.2) is 0 Å². The number of hydrogen-bond acceptors (Lipinski definition) is 2. The highest BCUT2D eigenvalue weighted by Gasteiger charge is 2.21. The van der Waals surface area contributed by atoms with Gasteiger partial charge in [0.1, 0.15) is 11.2 Å². The number of fused-ring (bicyclic) bond motifs is 6. The molecule has 58 heavy (non-hydrogen) atoms. The normalized spacial score (nSPS) is 11.5. The molecular formula is C55H38N2O. The Morgan fingerprint density at radius 3 is 1.62 bits per heavy atom. The molecule has 0 amide bonds. The fourth-order valence-corrected chi connectivity index (χ4v) is 8.69. The first kappa shape index (κ1) is 33.7. The number of anilines is 3. The van der Waals surface area contributed by atoms with Crippen molar-refractivity contribution in [3.05, 3.63) is 218 Å². The summed E-state index contributed by atoms with van der Waals surface area (Å²) in [6, 6.07) is 76.3. The highest BCUT2D eigenvalue weighted by atomic mass is 16.3. The van der Waals surface area contributed by atoms with E-state index in [1.54, 1.807) is 0 Å². The lowest BCUT2D eigenvalue weighted by molar-refractivity contribution is 0.670. The summed E-state index contributed by atoms with van der Waals surface area (Å²) in [7, 11) is 0. The van der Waals surface area contributed by atoms with Crippen LogP contribution in [-0.2, 0) is 0 Å². The Labute approximate surface area is 337 Å². The second-order valence-electron chi connectivity index (χ2n) is 15.0. The molecule has 0 spiro atoms. The second-order valence-corrected chi connectivity index (χ2v) is 15.0. The van der Waals surface area contributed by atoms with Gasteiger partial charge in [-0.1, -0.05) is 158 Å². The number of nitrogens with zero attached hydrogens (tertiary/aromatic N) is 2. The molecule has 0 N–H and O–H groups in total. The first-order valence-corrected chi connectivity index (χ1v) is 19.8. The van der Waals surface area contributed by atoms with Gasteiger partial charge in [0, 0.05) is 49.7 Å². The van der Waals surface area contributed by atoms with Crippen LogP contribution in [0.2, 0.25) is 0 Å². The largest absolute Gasteiger partial charge is 0.455 e. The maximum absolute atomic E-state index is 6.62. The van der Waals surface area contributed by atoms with Gasteiger partial charge < -0.3 is 13.9 Å². The molecule has 0 aliphatic carbocycles. The Morgan fingerprint density at radius 2 is 0.931 bits per heavy atom. The van der Waals surface area contributed by atoms with Gasteiger partial charge in [-0.3, -0.25) is 0 Å². The quantitative estimate of drug-likeness (QED) is 0.162. The van der Waals surface area contributed by atoms with Crippen LogP contribution in [-0.4, -0.2) is 4.57 Å². The molecule has 2 aromatic heterocycles. The average Bonchev–Trinajstić information content (AvgIpc) is 3.83. The fourth-order valence-electron chi connectivity index (χ4n) is 8.69. The van der Waals surface area contributed by atoms with Crippen molar-refractivity contribution in [2.45, 2.75) is 6.92 Å². The zero-order valence-corrected chi connectivity index (χ0v) is 32.0. The summed E-state index contributed by atoms with van der Waals surface area (Å²) in [5.41, 5.74) is 16.6. The molecular weight excluding hydrogens is 705 g/mol. The molecule has 0 aliphatic rings. The maximum atomic E-state index is 6.62. The number of benzene rings is 9. The molecule has 0 atom stereocenters. The molecule has 0 saturated carbocycles. The molecule has 0 unspecified atom stereocenters. The topological polar surface area (TPSA) is 21.3 Å². The van der Waals surface area contributed by atoms with Crippen molar-refractivity contribution in [2.24, 2.45) is 0 Å². The van der Waals surface area contributed by atoms with Crippen molar-refractivity contribution in [1.29, 1.82) is 0 Å². The van der Waals surface area contributed by atoms with Gasteiger partial charge in [0.2, 0.25) is 0 Å². The number of aromatic nitrogens is 1. The third kappa shape index (κ3) is 5.67. The molecule has 0 aliphatic heterocycles. The third-order valence-electron chi connectivity index (χ3n) is 11.5. The molecule has 11 rings (SSSR count). The molecule has 0 bridgehead atoms. The zero-order chi connectivity index (χ0) is 38.6. The molecule has 3 heteroatoms. The molecule has 2 heterocycles. The summed E-state index contributed by atoms with van der Waals surface area (Å²) < 4.78 is 9.07. The lowest BCUT2D eigenvalue weighted by Gasteiger charge is -2.26. The summed E-state index contributed by atoms with van der Waals surface area (Å²) in [5.74, 6) is 0. The number of furan rings is 1. The van der Waals surface area contributed by atoms with Gasteiger partial charge >= 0.3 is 0 Å². The van der Waals surface area contributed by atoms with E-state index in [0.717, 1.165) is 66.8 Å². The summed E-state index contributed by atoms with van der Waals surface area (Å²) in [4.78, 5) is 2.37. The SMILES string of the molecule is Cc1ccc(-c2cccc3c2oc2ccccc23)c(-n2c3ccccc3c3ccc(N(c4ccc(-c5ccccc5)cc4)c4ccc(-c5ccccc5)cc4)cc32)c1. The van der Waals surface area contributed by atoms with E-state index >= 15 is 0 Å². The summed E-state index contributed by atoms with van der Waals surface area (Å²) in [6.45, 7) is 2.17. The molecule has 0 radical (unpaired) electrons. The van der Waals surface area contributed by atoms with E-state index in [2.05, 4.69) is 223 Å². The zero-order valence-electron chi connectivity index (χ0n) is 32.0. The first-order chi connectivity index (χ1) is 28.7. The highest BCUT2D eigenvalue weighted by molar-refractivity contribution is 6.13. The predicted octanol–water partition coefficient (Wildman–Crippen LogP) is 15.5. The van der Waals surface area contributed by atoms with Crippen molar-refractivity contribution in [1.82, 2.24) is 4.57 Å². The van der Waals surface area contributed by atoms with Crippen LogP contribution in [0, 0.1) is 6.92 Å². The van der Waals surface area contributed by atoms with Crippen molar-refractivity contribution in [3.63, 3.8) is 0 Å². The molecule has 0 saturated heterocycles. The van der Waals surface area contributed by atoms with Gasteiger partial charge in [-0.05, 0) is 89.3 Å². The van der Waals surface area contributed by atoms with E-state index in [1.165, 1.54) is 38.6 Å². The van der Waals surface area contributed by atoms with Crippen molar-refractivity contribution >= 4 is 60.8 Å². The van der Waals surface area contributed by atoms with Crippen LogP contribution in [0.3, 0.4) is 0 Å². The van der Waals surface area contributed by atoms with Gasteiger partial charge in [-0.15, -0.1) is 0 Å². The Morgan fingerprint density at radius 1 is 0.379 bits per heavy atom. The Bertz CT molecular complexity index is 3180. The minimum atomic E-state index is 0.897. The van der Waals surface area contributed by atoms with Crippen molar-refractivity contribution in [3.8, 4) is 39.1 Å². The van der Waals surface area contributed by atoms with Crippen LogP contribution < -0.4 is 4.90 Å². The first-order valence-electron chi connectivity index (χ1n) is 19.8. The summed E-state index contributed by atoms with van der Waals surface area (Å²) in [5, 5.41) is 4.66. The summed E-state index contributed by atoms with van der Waals surface area (Å²) in [6.07, 6.45) is 0. The smallest absolute Gasteiger partial charge is 0.143 e. The predicted molar refractivity (Wildman–Crippen MR) is 244 cm³/mol. The van der Waals surface area contributed by atoms with Gasteiger partial charge in [0.25, 0.3) is 0 Å². The van der Waals surface area contributed by atoms with Crippen LogP contribution >= 0.6 is 0 Å². The average molecular weight is 743 g/mol. The minimum Gasteiger partial charge on any atom is -0.455 e. The number of para-hydroxylation sites is 3. The van der Waals surface area contributed by atoms with Crippen molar-refractivity contribution < 1.29 is 4.42 Å². The second kappa shape index (κ2) is 13.8. The van der Waals surface area contributed by atoms with Crippen LogP contribution in [0.1, 0.15) is 5.56 Å². The van der Waals surface area contributed by atoms with E-state index < -0.39 is 0 Å². The van der Waals surface area contributed by atoms with E-state index in [4.69, 9.17) is 4.42 Å². The third-order valence-corrected chi connectivity index (χ3v) is 11.5. The lowest BCUT2D eigenvalue weighted by Crippen LogP contribution is -2.10. The van der Waals surface area contributed by atoms with E-state index in [1.807, 2.05) is 6.07 Å². The van der Waals surface area contributed by atoms with Crippen molar-refractivity contribution in [2.75, 3.05) is 4.90 Å². The van der Waals surface area contributed by atoms with Crippen LogP contribution in [0.5, 0.6) is 0 Å². The number of aryl methyl sites for hydroxylation is 1. The van der Waals surface area contributed by atoms with Crippen LogP contribution in [0.15, 0.2) is 217 Å². The summed E-state index contributed by atoms with van der Waals surface area (Å²) >= 11 is 0. The minimum absolute atomic E-state index is 0.897. The van der Waals surface area contributed by atoms with Crippen LogP contribution in [0.4, 0.5) is 17.1 Å². The molecule has 9 aromatic carbocycles. The van der Waals surface area contributed by atoms with E-state index in [-0.39, 0.29) is 0 Å². The Balaban J connectivity index is 1.12. The molecule has 3 nitrogen and oxygen atoms in total.